The number of hydrogen-bond acceptors (Lipinski definition) is 7. The van der Waals surface area contributed by atoms with E-state index < -0.39 is 29.3 Å². The van der Waals surface area contributed by atoms with Crippen LogP contribution in [0.4, 0.5) is 4.79 Å². The van der Waals surface area contributed by atoms with Crippen molar-refractivity contribution in [3.63, 3.8) is 0 Å². The van der Waals surface area contributed by atoms with Crippen LogP contribution in [0.15, 0.2) is 14.3 Å². The molecule has 1 rings (SSSR count). The lowest BCUT2D eigenvalue weighted by Crippen LogP contribution is -2.45. The third-order valence-corrected chi connectivity index (χ3v) is 3.68. The van der Waals surface area contributed by atoms with Crippen LogP contribution in [0, 0.1) is 0 Å². The first-order valence-corrected chi connectivity index (χ1v) is 8.12. The normalized spacial score (nSPS) is 12.6. The Morgan fingerprint density at radius 3 is 2.48 bits per heavy atom. The summed E-state index contributed by atoms with van der Waals surface area (Å²) >= 11 is 1.31. The number of nitrogens with one attached hydrogen (secondary N) is 1. The number of ether oxygens (including phenoxy) is 2. The fourth-order valence-corrected chi connectivity index (χ4v) is 2.62. The molecule has 0 bridgehead atoms. The number of carbonyl (C=O) groups is 2. The molecule has 0 fully saturated rings. The van der Waals surface area contributed by atoms with E-state index in [0.717, 1.165) is 0 Å². The smallest absolute Gasteiger partial charge is 0.408 e. The number of thioether (sulfide) groups is 1. The Bertz CT molecular complexity index is 628. The molecule has 0 saturated carbocycles. The van der Waals surface area contributed by atoms with Gasteiger partial charge >= 0.3 is 17.7 Å². The van der Waals surface area contributed by atoms with Crippen LogP contribution in [-0.4, -0.2) is 41.8 Å². The lowest BCUT2D eigenvalue weighted by Gasteiger charge is -2.22. The fraction of sp³-hybridized carbons (Fsp3) is 0.643. The van der Waals surface area contributed by atoms with E-state index in [1.54, 1.807) is 34.1 Å². The maximum atomic E-state index is 11.9. The summed E-state index contributed by atoms with van der Waals surface area (Å²) in [5, 5.41) is 3.00. The van der Waals surface area contributed by atoms with Gasteiger partial charge in [0.2, 0.25) is 0 Å². The Morgan fingerprint density at radius 1 is 1.39 bits per heavy atom. The number of amides is 1. The Kier molecular flexibility index (Phi) is 6.31. The van der Waals surface area contributed by atoms with Crippen molar-refractivity contribution in [2.24, 2.45) is 7.05 Å². The van der Waals surface area contributed by atoms with Gasteiger partial charge in [0.15, 0.2) is 0 Å². The van der Waals surface area contributed by atoms with Crippen molar-refractivity contribution in [3.8, 4) is 0 Å². The molecule has 1 atom stereocenters. The minimum atomic E-state index is -1.05. The number of hydrogen-bond donors (Lipinski definition) is 1. The molecule has 1 amide bonds. The molecule has 9 heteroatoms. The van der Waals surface area contributed by atoms with E-state index >= 15 is 0 Å². The highest BCUT2D eigenvalue weighted by Crippen LogP contribution is 2.19. The van der Waals surface area contributed by atoms with Gasteiger partial charge in [-0.25, -0.2) is 19.1 Å². The first kappa shape index (κ1) is 19.1. The first-order valence-electron chi connectivity index (χ1n) is 6.89. The second-order valence-electron chi connectivity index (χ2n) is 5.79. The third kappa shape index (κ3) is 5.34. The molecule has 0 aliphatic rings. The lowest BCUT2D eigenvalue weighted by atomic mass is 10.1. The minimum absolute atomic E-state index is 0.0503. The largest absolute Gasteiger partial charge is 0.467 e. The number of nitrogens with zero attached hydrogens (tertiary/aromatic N) is 1. The van der Waals surface area contributed by atoms with Crippen molar-refractivity contribution in [3.05, 3.63) is 16.0 Å². The van der Waals surface area contributed by atoms with Crippen LogP contribution in [0.2, 0.25) is 0 Å². The van der Waals surface area contributed by atoms with Gasteiger partial charge in [0.05, 0.1) is 12.7 Å². The zero-order valence-electron chi connectivity index (χ0n) is 14.1. The zero-order chi connectivity index (χ0) is 17.8. The highest BCUT2D eigenvalue weighted by Gasteiger charge is 2.28. The Balaban J connectivity index is 2.99. The third-order valence-electron chi connectivity index (χ3n) is 2.79. The number of esters is 1. The molecule has 130 valence electrons. The van der Waals surface area contributed by atoms with E-state index in [-0.39, 0.29) is 6.42 Å². The summed E-state index contributed by atoms with van der Waals surface area (Å²) < 4.78 is 16.1. The number of carbonyl (C=O) groups excluding carboxylic acids is 2. The number of aryl methyl sites for hydroxylation is 1. The fourth-order valence-electron chi connectivity index (χ4n) is 1.91. The number of methoxy groups -OCH3 is 1. The van der Waals surface area contributed by atoms with E-state index in [1.807, 2.05) is 0 Å². The molecule has 0 unspecified atom stereocenters. The second kappa shape index (κ2) is 7.58. The summed E-state index contributed by atoms with van der Waals surface area (Å²) in [6.07, 6.45) is 0.965. The van der Waals surface area contributed by atoms with Gasteiger partial charge in [0, 0.05) is 13.5 Å². The maximum Gasteiger partial charge on any atom is 0.408 e. The molecule has 23 heavy (non-hydrogen) atoms. The van der Waals surface area contributed by atoms with Crippen molar-refractivity contribution in [2.45, 2.75) is 43.9 Å². The van der Waals surface area contributed by atoms with Gasteiger partial charge in [-0.2, -0.15) is 0 Å². The van der Waals surface area contributed by atoms with Crippen molar-refractivity contribution >= 4 is 23.8 Å². The van der Waals surface area contributed by atoms with Gasteiger partial charge in [0.1, 0.15) is 16.7 Å². The average Bonchev–Trinajstić information content (AvgIpc) is 2.68. The monoisotopic (exact) mass is 346 g/mol. The second-order valence-corrected chi connectivity index (χ2v) is 6.59. The van der Waals surface area contributed by atoms with Crippen molar-refractivity contribution in [1.82, 2.24) is 10.1 Å². The predicted octanol–water partition coefficient (Wildman–Crippen LogP) is 1.31. The first-order chi connectivity index (χ1) is 10.6. The molecule has 1 N–H and O–H groups in total. The molecule has 0 saturated heterocycles. The van der Waals surface area contributed by atoms with Crippen LogP contribution in [0.5, 0.6) is 0 Å². The van der Waals surface area contributed by atoms with Gasteiger partial charge in [-0.05, 0) is 27.0 Å². The zero-order valence-corrected chi connectivity index (χ0v) is 14.9. The topological polar surface area (TPSA) is 99.8 Å². The van der Waals surface area contributed by atoms with Gasteiger partial charge in [-0.3, -0.25) is 0 Å². The van der Waals surface area contributed by atoms with E-state index in [9.17, 15) is 14.4 Å². The van der Waals surface area contributed by atoms with Crippen molar-refractivity contribution in [2.75, 3.05) is 13.4 Å². The van der Waals surface area contributed by atoms with Gasteiger partial charge in [-0.1, -0.05) is 0 Å². The average molecular weight is 346 g/mol. The summed E-state index contributed by atoms with van der Waals surface area (Å²) in [7, 11) is 2.79. The Labute approximate surface area is 138 Å². The summed E-state index contributed by atoms with van der Waals surface area (Å²) in [6, 6.07) is -1.05. The van der Waals surface area contributed by atoms with Crippen LogP contribution in [0.25, 0.3) is 0 Å². The molecule has 0 aliphatic heterocycles. The predicted molar refractivity (Wildman–Crippen MR) is 84.6 cm³/mol. The van der Waals surface area contributed by atoms with Crippen molar-refractivity contribution in [1.29, 1.82) is 0 Å². The number of rotatable bonds is 5. The molecular weight excluding hydrogens is 324 g/mol. The summed E-state index contributed by atoms with van der Waals surface area (Å²) in [5.41, 5.74) is -0.968. The van der Waals surface area contributed by atoms with E-state index in [1.165, 1.54) is 23.6 Å². The molecule has 0 aliphatic carbocycles. The number of aromatic nitrogens is 1. The molecule has 0 radical (unpaired) electrons. The lowest BCUT2D eigenvalue weighted by molar-refractivity contribution is -0.143. The van der Waals surface area contributed by atoms with Crippen LogP contribution in [0.1, 0.15) is 26.3 Å². The van der Waals surface area contributed by atoms with Crippen LogP contribution in [-0.2, 0) is 27.7 Å². The van der Waals surface area contributed by atoms with E-state index in [2.05, 4.69) is 10.1 Å². The summed E-state index contributed by atoms with van der Waals surface area (Å²) in [4.78, 5) is 35.7. The highest BCUT2D eigenvalue weighted by molar-refractivity contribution is 7.98. The summed E-state index contributed by atoms with van der Waals surface area (Å²) in [6.45, 7) is 5.12. The van der Waals surface area contributed by atoms with Crippen LogP contribution in [0.3, 0.4) is 0 Å². The molecule has 0 spiro atoms. The molecular formula is C14H22N2O6S. The standard InChI is InChI=1S/C14H22N2O6S/c1-14(2,3)21-13(19)15-9(12(18)20-5)7-8-10(23-6)16(4)22-11(8)17/h9H,7H2,1-6H3,(H,15,19)/t9-/m0/s1. The highest BCUT2D eigenvalue weighted by atomic mass is 32.2. The van der Waals surface area contributed by atoms with Gasteiger partial charge in [-0.15, -0.1) is 11.8 Å². The van der Waals surface area contributed by atoms with E-state index in [0.29, 0.717) is 10.6 Å². The molecule has 1 aromatic heterocycles. The van der Waals surface area contributed by atoms with Gasteiger partial charge in [0.25, 0.3) is 0 Å². The quantitative estimate of drug-likeness (QED) is 0.634. The molecule has 1 heterocycles. The minimum Gasteiger partial charge on any atom is -0.467 e. The molecule has 0 aromatic carbocycles. The molecule has 1 aromatic rings. The SMILES string of the molecule is COC(=O)[C@H](Cc1c(SC)n(C)oc1=O)NC(=O)OC(C)(C)C. The van der Waals surface area contributed by atoms with Crippen molar-refractivity contribution < 1.29 is 23.6 Å². The van der Waals surface area contributed by atoms with Crippen LogP contribution >= 0.6 is 11.8 Å². The Hall–Kier alpha value is -1.90. The summed E-state index contributed by atoms with van der Waals surface area (Å²) in [5.74, 6) is -0.675. The van der Waals surface area contributed by atoms with Crippen LogP contribution < -0.4 is 10.9 Å². The maximum absolute atomic E-state index is 11.9. The van der Waals surface area contributed by atoms with Gasteiger partial charge < -0.3 is 19.3 Å². The van der Waals surface area contributed by atoms with E-state index in [4.69, 9.17) is 9.26 Å². The molecule has 8 nitrogen and oxygen atoms in total. The Morgan fingerprint density at radius 2 is 2.00 bits per heavy atom. The number of alkyl carbamates (subject to hydrolysis) is 1.